The molecule has 2 aromatic heterocycles. The first-order valence-electron chi connectivity index (χ1n) is 9.09. The van der Waals surface area contributed by atoms with Crippen LogP contribution in [0.1, 0.15) is 10.4 Å². The molecule has 7 nitrogen and oxygen atoms in total. The molecule has 3 N–H and O–H groups in total. The molecule has 5 rings (SSSR count). The van der Waals surface area contributed by atoms with E-state index >= 15 is 0 Å². The molecule has 7 heteroatoms. The average molecular weight is 386 g/mol. The van der Waals surface area contributed by atoms with E-state index in [0.29, 0.717) is 22.7 Å². The molecule has 0 saturated heterocycles. The highest BCUT2D eigenvalue weighted by atomic mass is 16.5. The molecule has 0 radical (unpaired) electrons. The lowest BCUT2D eigenvalue weighted by Gasteiger charge is -2.10. The van der Waals surface area contributed by atoms with Gasteiger partial charge in [0.25, 0.3) is 5.91 Å². The molecule has 3 aromatic carbocycles. The van der Waals surface area contributed by atoms with E-state index in [1.54, 1.807) is 32.4 Å². The van der Waals surface area contributed by atoms with E-state index in [9.17, 15) is 4.79 Å². The number of benzene rings is 3. The number of hydrogen-bond donors (Lipinski definition) is 3. The largest absolute Gasteiger partial charge is 0.493 e. The van der Waals surface area contributed by atoms with Crippen molar-refractivity contribution in [3.63, 3.8) is 0 Å². The molecule has 0 unspecified atom stereocenters. The molecule has 0 aliphatic carbocycles. The van der Waals surface area contributed by atoms with Crippen LogP contribution in [-0.4, -0.2) is 35.3 Å². The Kier molecular flexibility index (Phi) is 3.87. The fraction of sp³-hybridized carbons (Fsp3) is 0.0909. The average Bonchev–Trinajstić information content (AvgIpc) is 3.37. The number of aromatic nitrogens is 3. The first-order valence-corrected chi connectivity index (χ1v) is 9.09. The number of carbonyl (C=O) groups excluding carboxylic acids is 1. The van der Waals surface area contributed by atoms with Crippen molar-refractivity contribution < 1.29 is 14.3 Å². The maximum atomic E-state index is 12.7. The van der Waals surface area contributed by atoms with Crippen molar-refractivity contribution in [1.82, 2.24) is 15.2 Å². The highest BCUT2D eigenvalue weighted by Crippen LogP contribution is 2.32. The first-order chi connectivity index (χ1) is 14.2. The number of aromatic amines is 2. The predicted octanol–water partition coefficient (Wildman–Crippen LogP) is 4.47. The summed E-state index contributed by atoms with van der Waals surface area (Å²) in [6.07, 6.45) is 1.91. The Labute approximate surface area is 165 Å². The maximum absolute atomic E-state index is 12.7. The van der Waals surface area contributed by atoms with Crippen LogP contribution in [0.15, 0.2) is 54.7 Å². The lowest BCUT2D eigenvalue weighted by Crippen LogP contribution is -2.12. The van der Waals surface area contributed by atoms with Crippen LogP contribution in [0.4, 0.5) is 5.69 Å². The van der Waals surface area contributed by atoms with Gasteiger partial charge in [-0.3, -0.25) is 9.89 Å². The third-order valence-electron chi connectivity index (χ3n) is 5.06. The molecule has 29 heavy (non-hydrogen) atoms. The summed E-state index contributed by atoms with van der Waals surface area (Å²) in [6.45, 7) is 0. The summed E-state index contributed by atoms with van der Waals surface area (Å²) in [5.74, 6) is 0.858. The number of amides is 1. The molecule has 1 amide bonds. The summed E-state index contributed by atoms with van der Waals surface area (Å²) < 4.78 is 10.5. The fourth-order valence-corrected chi connectivity index (χ4v) is 3.61. The molecular weight excluding hydrogens is 368 g/mol. The minimum absolute atomic E-state index is 0.226. The van der Waals surface area contributed by atoms with Gasteiger partial charge in [-0.1, -0.05) is 12.1 Å². The number of fused-ring (bicyclic) bond motifs is 5. The van der Waals surface area contributed by atoms with Crippen molar-refractivity contribution in [2.24, 2.45) is 0 Å². The Hall–Kier alpha value is -4.00. The second-order valence-electron chi connectivity index (χ2n) is 6.71. The van der Waals surface area contributed by atoms with Gasteiger partial charge in [0.15, 0.2) is 11.5 Å². The van der Waals surface area contributed by atoms with Crippen LogP contribution < -0.4 is 14.8 Å². The maximum Gasteiger partial charge on any atom is 0.255 e. The monoisotopic (exact) mass is 386 g/mol. The van der Waals surface area contributed by atoms with Crippen molar-refractivity contribution in [3.05, 3.63) is 60.3 Å². The Morgan fingerprint density at radius 2 is 1.83 bits per heavy atom. The van der Waals surface area contributed by atoms with E-state index in [2.05, 4.69) is 21.6 Å². The normalized spacial score (nSPS) is 11.2. The van der Waals surface area contributed by atoms with Crippen LogP contribution in [0, 0.1) is 0 Å². The van der Waals surface area contributed by atoms with Crippen molar-refractivity contribution in [1.29, 1.82) is 0 Å². The van der Waals surface area contributed by atoms with Crippen LogP contribution in [0.2, 0.25) is 0 Å². The molecule has 144 valence electrons. The number of H-pyrrole nitrogens is 2. The second-order valence-corrected chi connectivity index (χ2v) is 6.71. The summed E-state index contributed by atoms with van der Waals surface area (Å²) in [5, 5.41) is 12.2. The first kappa shape index (κ1) is 17.1. The van der Waals surface area contributed by atoms with Gasteiger partial charge in [-0.25, -0.2) is 4.98 Å². The molecule has 0 fully saturated rings. The van der Waals surface area contributed by atoms with E-state index in [-0.39, 0.29) is 5.91 Å². The molecule has 0 saturated carbocycles. The number of rotatable bonds is 4. The number of ether oxygens (including phenoxy) is 2. The number of nitrogens with one attached hydrogen (secondary N) is 3. The highest BCUT2D eigenvalue weighted by molar-refractivity contribution is 6.16. The van der Waals surface area contributed by atoms with Gasteiger partial charge in [0, 0.05) is 33.6 Å². The molecule has 0 atom stereocenters. The topological polar surface area (TPSA) is 92.0 Å². The second kappa shape index (κ2) is 6.56. The zero-order valence-electron chi connectivity index (χ0n) is 15.9. The van der Waals surface area contributed by atoms with Crippen molar-refractivity contribution in [2.45, 2.75) is 0 Å². The number of carbonyl (C=O) groups is 1. The van der Waals surface area contributed by atoms with Gasteiger partial charge >= 0.3 is 0 Å². The fourth-order valence-electron chi connectivity index (χ4n) is 3.61. The van der Waals surface area contributed by atoms with Crippen LogP contribution in [0.25, 0.3) is 32.7 Å². The molecule has 0 aliphatic rings. The standard InChI is InChI=1S/C22H18N4O3/c1-28-18-8-4-12(9-19(18)29-2)22(27)24-14-5-7-17-16(10-14)15-6-3-13-11-23-26-20(13)21(15)25-17/h3-11,23,26H,1-2H3,(H,24,27). The third-order valence-corrected chi connectivity index (χ3v) is 5.06. The van der Waals surface area contributed by atoms with Crippen LogP contribution in [0.5, 0.6) is 11.5 Å². The van der Waals surface area contributed by atoms with E-state index in [1.807, 2.05) is 30.5 Å². The zero-order valence-corrected chi connectivity index (χ0v) is 15.9. The smallest absolute Gasteiger partial charge is 0.255 e. The Morgan fingerprint density at radius 1 is 0.966 bits per heavy atom. The zero-order chi connectivity index (χ0) is 20.0. The summed E-state index contributed by atoms with van der Waals surface area (Å²) in [7, 11) is 3.10. The summed E-state index contributed by atoms with van der Waals surface area (Å²) in [5.41, 5.74) is 3.93. The van der Waals surface area contributed by atoms with Gasteiger partial charge in [-0.15, -0.1) is 0 Å². The minimum Gasteiger partial charge on any atom is -0.493 e. The summed E-state index contributed by atoms with van der Waals surface area (Å²) in [6, 6.07) is 14.9. The van der Waals surface area contributed by atoms with Crippen LogP contribution in [0.3, 0.4) is 0 Å². The number of methoxy groups -OCH3 is 2. The molecule has 0 bridgehead atoms. The van der Waals surface area contributed by atoms with Crippen molar-refractivity contribution >= 4 is 44.3 Å². The van der Waals surface area contributed by atoms with Crippen molar-refractivity contribution in [3.8, 4) is 11.5 Å². The van der Waals surface area contributed by atoms with E-state index in [1.165, 1.54) is 0 Å². The van der Waals surface area contributed by atoms with Gasteiger partial charge < -0.3 is 19.9 Å². The lowest BCUT2D eigenvalue weighted by atomic mass is 10.1. The number of nitrogens with zero attached hydrogens (tertiary/aromatic N) is 1. The summed E-state index contributed by atoms with van der Waals surface area (Å²) >= 11 is 0. The van der Waals surface area contributed by atoms with Crippen LogP contribution in [-0.2, 0) is 0 Å². The van der Waals surface area contributed by atoms with Gasteiger partial charge in [0.2, 0.25) is 0 Å². The number of hydrogen-bond acceptors (Lipinski definition) is 4. The summed E-state index contributed by atoms with van der Waals surface area (Å²) in [4.78, 5) is 17.5. The Balaban J connectivity index is 1.52. The number of anilines is 1. The Bertz CT molecular complexity index is 1380. The molecular formula is C22H18N4O3. The van der Waals surface area contributed by atoms with E-state index in [4.69, 9.17) is 14.5 Å². The molecule has 0 spiro atoms. The predicted molar refractivity (Wildman–Crippen MR) is 113 cm³/mol. The molecule has 5 aromatic rings. The quantitative estimate of drug-likeness (QED) is 0.425. The SMILES string of the molecule is COc1ccc(C(=O)Nc2ccc3nc4c(ccc5c[nH][nH]c54)c3c2)cc1OC. The van der Waals surface area contributed by atoms with E-state index < -0.39 is 0 Å². The third kappa shape index (κ3) is 2.75. The van der Waals surface area contributed by atoms with Gasteiger partial charge in [-0.05, 0) is 36.4 Å². The molecule has 0 aliphatic heterocycles. The van der Waals surface area contributed by atoms with E-state index in [0.717, 1.165) is 32.7 Å². The van der Waals surface area contributed by atoms with Crippen LogP contribution >= 0.6 is 0 Å². The van der Waals surface area contributed by atoms with Gasteiger partial charge in [-0.2, -0.15) is 0 Å². The van der Waals surface area contributed by atoms with Gasteiger partial charge in [0.1, 0.15) is 0 Å². The van der Waals surface area contributed by atoms with Gasteiger partial charge in [0.05, 0.1) is 30.8 Å². The lowest BCUT2D eigenvalue weighted by molar-refractivity contribution is 0.102. The van der Waals surface area contributed by atoms with Crippen molar-refractivity contribution in [2.75, 3.05) is 19.5 Å². The minimum atomic E-state index is -0.226. The highest BCUT2D eigenvalue weighted by Gasteiger charge is 2.13. The molecule has 2 heterocycles. The Morgan fingerprint density at radius 3 is 2.66 bits per heavy atom.